The molecule has 0 aromatic heterocycles. The van der Waals surface area contributed by atoms with E-state index in [0.29, 0.717) is 6.04 Å². The van der Waals surface area contributed by atoms with Gasteiger partial charge >= 0.3 is 0 Å². The summed E-state index contributed by atoms with van der Waals surface area (Å²) in [5, 5.41) is 3.43. The molecule has 0 aromatic rings. The molecule has 0 aliphatic rings. The Morgan fingerprint density at radius 2 is 1.80 bits per heavy atom. The van der Waals surface area contributed by atoms with Crippen LogP contribution in [0.25, 0.3) is 0 Å². The first kappa shape index (κ1) is 14.9. The summed E-state index contributed by atoms with van der Waals surface area (Å²) in [6, 6.07) is 0.615. The molecule has 0 saturated heterocycles. The van der Waals surface area contributed by atoms with Gasteiger partial charge in [0.05, 0.1) is 0 Å². The predicted octanol–water partition coefficient (Wildman–Crippen LogP) is 1.73. The van der Waals surface area contributed by atoms with Crippen LogP contribution in [0.2, 0.25) is 0 Å². The molecule has 0 aliphatic heterocycles. The summed E-state index contributed by atoms with van der Waals surface area (Å²) in [5.74, 6) is 0. The molecule has 0 unspecified atom stereocenters. The maximum atomic E-state index is 5.02. The third-order valence-corrected chi connectivity index (χ3v) is 2.41. The molecule has 0 amide bonds. The Labute approximate surface area is 95.2 Å². The van der Waals surface area contributed by atoms with Gasteiger partial charge in [0, 0.05) is 26.3 Å². The zero-order chi connectivity index (χ0) is 11.5. The van der Waals surface area contributed by atoms with Crippen LogP contribution in [0.5, 0.6) is 0 Å². The van der Waals surface area contributed by atoms with E-state index >= 15 is 0 Å². The average molecular weight is 216 g/mol. The van der Waals surface area contributed by atoms with Crippen molar-refractivity contribution in [3.05, 3.63) is 0 Å². The number of unbranched alkanes of at least 4 members (excludes halogenated alkanes) is 1. The lowest BCUT2D eigenvalue weighted by atomic mass is 10.2. The van der Waals surface area contributed by atoms with Crippen LogP contribution in [0.1, 0.15) is 33.1 Å². The van der Waals surface area contributed by atoms with Crippen molar-refractivity contribution in [2.45, 2.75) is 39.2 Å². The quantitative estimate of drug-likeness (QED) is 0.563. The molecule has 15 heavy (non-hydrogen) atoms. The maximum absolute atomic E-state index is 5.02. The summed E-state index contributed by atoms with van der Waals surface area (Å²) in [4.78, 5) is 2.38. The molecule has 0 bridgehead atoms. The molecule has 0 atom stereocenters. The third kappa shape index (κ3) is 11.8. The molecule has 0 spiro atoms. The summed E-state index contributed by atoms with van der Waals surface area (Å²) in [6.07, 6.45) is 3.69. The highest BCUT2D eigenvalue weighted by molar-refractivity contribution is 4.56. The summed E-state index contributed by atoms with van der Waals surface area (Å²) in [5.41, 5.74) is 0. The van der Waals surface area contributed by atoms with Gasteiger partial charge in [0.15, 0.2) is 0 Å². The van der Waals surface area contributed by atoms with Gasteiger partial charge in [0.2, 0.25) is 0 Å². The molecule has 0 aliphatic carbocycles. The minimum atomic E-state index is 0.615. The van der Waals surface area contributed by atoms with Crippen LogP contribution in [0, 0.1) is 0 Å². The van der Waals surface area contributed by atoms with Gasteiger partial charge in [-0.15, -0.1) is 0 Å². The predicted molar refractivity (Wildman–Crippen MR) is 66.4 cm³/mol. The lowest BCUT2D eigenvalue weighted by Crippen LogP contribution is -2.26. The van der Waals surface area contributed by atoms with Crippen molar-refractivity contribution in [2.75, 3.05) is 40.4 Å². The molecule has 0 fully saturated rings. The zero-order valence-electron chi connectivity index (χ0n) is 10.9. The largest absolute Gasteiger partial charge is 0.385 e. The fourth-order valence-corrected chi connectivity index (χ4v) is 1.49. The van der Waals surface area contributed by atoms with Crippen molar-refractivity contribution in [1.29, 1.82) is 0 Å². The molecule has 1 N–H and O–H groups in total. The summed E-state index contributed by atoms with van der Waals surface area (Å²) in [7, 11) is 3.95. The van der Waals surface area contributed by atoms with E-state index in [4.69, 9.17) is 4.74 Å². The first-order valence-electron chi connectivity index (χ1n) is 6.07. The first-order valence-corrected chi connectivity index (χ1v) is 6.07. The molecule has 92 valence electrons. The SMILES string of the molecule is COCCCN(C)CCCCNC(C)C. The highest BCUT2D eigenvalue weighted by Gasteiger charge is 1.98. The third-order valence-electron chi connectivity index (χ3n) is 2.41. The van der Waals surface area contributed by atoms with E-state index in [1.54, 1.807) is 7.11 Å². The molecule has 0 aromatic carbocycles. The van der Waals surface area contributed by atoms with Gasteiger partial charge in [0.1, 0.15) is 0 Å². The molecule has 0 radical (unpaired) electrons. The van der Waals surface area contributed by atoms with Crippen LogP contribution in [-0.2, 0) is 4.74 Å². The lowest BCUT2D eigenvalue weighted by molar-refractivity contribution is 0.179. The number of hydrogen-bond donors (Lipinski definition) is 1. The van der Waals surface area contributed by atoms with Gasteiger partial charge in [-0.1, -0.05) is 13.8 Å². The normalized spacial score (nSPS) is 11.6. The van der Waals surface area contributed by atoms with Gasteiger partial charge in [-0.2, -0.15) is 0 Å². The van der Waals surface area contributed by atoms with Crippen LogP contribution in [0.4, 0.5) is 0 Å². The van der Waals surface area contributed by atoms with Crippen molar-refractivity contribution < 1.29 is 4.74 Å². The smallest absolute Gasteiger partial charge is 0.0474 e. The fraction of sp³-hybridized carbons (Fsp3) is 1.00. The Kier molecular flexibility index (Phi) is 10.3. The van der Waals surface area contributed by atoms with Gasteiger partial charge in [0.25, 0.3) is 0 Å². The molecule has 0 saturated carbocycles. The van der Waals surface area contributed by atoms with E-state index in [2.05, 4.69) is 31.1 Å². The lowest BCUT2D eigenvalue weighted by Gasteiger charge is -2.16. The van der Waals surface area contributed by atoms with Crippen LogP contribution in [-0.4, -0.2) is 51.3 Å². The van der Waals surface area contributed by atoms with Gasteiger partial charge < -0.3 is 15.0 Å². The Morgan fingerprint density at radius 3 is 2.40 bits per heavy atom. The second kappa shape index (κ2) is 10.4. The number of ether oxygens (including phenoxy) is 1. The monoisotopic (exact) mass is 216 g/mol. The minimum absolute atomic E-state index is 0.615. The minimum Gasteiger partial charge on any atom is -0.385 e. The summed E-state index contributed by atoms with van der Waals surface area (Å²) in [6.45, 7) is 8.74. The molecule has 0 heterocycles. The number of hydrogen-bond acceptors (Lipinski definition) is 3. The summed E-state index contributed by atoms with van der Waals surface area (Å²) >= 11 is 0. The highest BCUT2D eigenvalue weighted by Crippen LogP contribution is 1.94. The van der Waals surface area contributed by atoms with Gasteiger partial charge in [-0.05, 0) is 39.4 Å². The van der Waals surface area contributed by atoms with Crippen molar-refractivity contribution in [3.8, 4) is 0 Å². The molecule has 3 heteroatoms. The number of nitrogens with one attached hydrogen (secondary N) is 1. The van der Waals surface area contributed by atoms with Crippen molar-refractivity contribution in [3.63, 3.8) is 0 Å². The molecular formula is C12H28N2O. The molecule has 0 rings (SSSR count). The first-order chi connectivity index (χ1) is 7.16. The Hall–Kier alpha value is -0.120. The Morgan fingerprint density at radius 1 is 1.13 bits per heavy atom. The highest BCUT2D eigenvalue weighted by atomic mass is 16.5. The van der Waals surface area contributed by atoms with E-state index in [-0.39, 0.29) is 0 Å². The topological polar surface area (TPSA) is 24.5 Å². The van der Waals surface area contributed by atoms with Gasteiger partial charge in [-0.3, -0.25) is 0 Å². The van der Waals surface area contributed by atoms with Crippen LogP contribution >= 0.6 is 0 Å². The molecular weight excluding hydrogens is 188 g/mol. The van der Waals surface area contributed by atoms with Gasteiger partial charge in [-0.25, -0.2) is 0 Å². The number of rotatable bonds is 10. The maximum Gasteiger partial charge on any atom is 0.0474 e. The van der Waals surface area contributed by atoms with Crippen LogP contribution < -0.4 is 5.32 Å². The van der Waals surface area contributed by atoms with Crippen molar-refractivity contribution in [2.24, 2.45) is 0 Å². The van der Waals surface area contributed by atoms with Crippen molar-refractivity contribution in [1.82, 2.24) is 10.2 Å². The van der Waals surface area contributed by atoms with Crippen LogP contribution in [0.15, 0.2) is 0 Å². The Balaban J connectivity index is 3.13. The van der Waals surface area contributed by atoms with E-state index in [1.807, 2.05) is 0 Å². The number of nitrogens with zero attached hydrogens (tertiary/aromatic N) is 1. The second-order valence-corrected chi connectivity index (χ2v) is 4.47. The van der Waals surface area contributed by atoms with Crippen molar-refractivity contribution >= 4 is 0 Å². The standard InChI is InChI=1S/C12H28N2O/c1-12(2)13-8-5-6-9-14(3)10-7-11-15-4/h12-13H,5-11H2,1-4H3. The zero-order valence-corrected chi connectivity index (χ0v) is 10.9. The van der Waals surface area contributed by atoms with E-state index < -0.39 is 0 Å². The summed E-state index contributed by atoms with van der Waals surface area (Å²) < 4.78 is 5.02. The second-order valence-electron chi connectivity index (χ2n) is 4.47. The fourth-order valence-electron chi connectivity index (χ4n) is 1.49. The number of methoxy groups -OCH3 is 1. The average Bonchev–Trinajstić information content (AvgIpc) is 2.17. The van der Waals surface area contributed by atoms with Crippen LogP contribution in [0.3, 0.4) is 0 Å². The molecule has 3 nitrogen and oxygen atoms in total. The van der Waals surface area contributed by atoms with E-state index in [1.165, 1.54) is 19.4 Å². The van der Waals surface area contributed by atoms with E-state index in [9.17, 15) is 0 Å². The van der Waals surface area contributed by atoms with E-state index in [0.717, 1.165) is 26.1 Å². The Bertz CT molecular complexity index is 129.